The van der Waals surface area contributed by atoms with Gasteiger partial charge < -0.3 is 14.8 Å². The van der Waals surface area contributed by atoms with Crippen LogP contribution in [0.4, 0.5) is 5.95 Å². The van der Waals surface area contributed by atoms with E-state index in [1.165, 1.54) is 11.1 Å². The van der Waals surface area contributed by atoms with Gasteiger partial charge in [-0.3, -0.25) is 0 Å². The summed E-state index contributed by atoms with van der Waals surface area (Å²) in [6, 6.07) is 16.9. The molecule has 1 N–H and O–H groups in total. The van der Waals surface area contributed by atoms with Crippen molar-refractivity contribution in [2.45, 2.75) is 25.9 Å². The van der Waals surface area contributed by atoms with Crippen LogP contribution >= 0.6 is 11.6 Å². The van der Waals surface area contributed by atoms with Gasteiger partial charge in [0.15, 0.2) is 0 Å². The molecule has 5 heteroatoms. The normalized spacial score (nSPS) is 18.0. The minimum atomic E-state index is 0.370. The van der Waals surface area contributed by atoms with Gasteiger partial charge in [0, 0.05) is 37.2 Å². The van der Waals surface area contributed by atoms with Gasteiger partial charge in [-0.05, 0) is 43.2 Å². The number of aryl methyl sites for hydroxylation is 1. The summed E-state index contributed by atoms with van der Waals surface area (Å²) in [4.78, 5) is 7.41. The van der Waals surface area contributed by atoms with Crippen LogP contribution in [0.15, 0.2) is 48.5 Å². The first kappa shape index (κ1) is 16.4. The van der Waals surface area contributed by atoms with Gasteiger partial charge in [-0.15, -0.1) is 0 Å². The van der Waals surface area contributed by atoms with Crippen LogP contribution in [0.5, 0.6) is 0 Å². The van der Waals surface area contributed by atoms with Gasteiger partial charge in [-0.25, -0.2) is 4.98 Å². The summed E-state index contributed by atoms with van der Waals surface area (Å²) in [5.74, 6) is 1.08. The zero-order chi connectivity index (χ0) is 17.2. The molecule has 1 saturated heterocycles. The van der Waals surface area contributed by atoms with Crippen LogP contribution in [0.1, 0.15) is 12.5 Å². The van der Waals surface area contributed by atoms with Crippen molar-refractivity contribution < 1.29 is 0 Å². The van der Waals surface area contributed by atoms with E-state index in [1.54, 1.807) is 0 Å². The molecule has 4 nitrogen and oxygen atoms in total. The second-order valence-corrected chi connectivity index (χ2v) is 6.97. The van der Waals surface area contributed by atoms with E-state index in [-0.39, 0.29) is 0 Å². The fourth-order valence-corrected chi connectivity index (χ4v) is 3.95. The summed E-state index contributed by atoms with van der Waals surface area (Å²) < 4.78 is 2.33. The molecule has 2 heterocycles. The fraction of sp³-hybridized carbons (Fsp3) is 0.350. The fourth-order valence-electron chi connectivity index (χ4n) is 3.74. The third-order valence-corrected chi connectivity index (χ3v) is 5.15. The largest absolute Gasteiger partial charge is 0.336 e. The molecule has 1 atom stereocenters. The van der Waals surface area contributed by atoms with Crippen molar-refractivity contribution in [3.8, 4) is 0 Å². The Bertz CT molecular complexity index is 873. The molecule has 4 rings (SSSR count). The number of para-hydroxylation sites is 2. The molecule has 0 aliphatic carbocycles. The summed E-state index contributed by atoms with van der Waals surface area (Å²) in [6.07, 6.45) is 0.959. The summed E-state index contributed by atoms with van der Waals surface area (Å²) in [6.45, 7) is 6.02. The lowest BCUT2D eigenvalue weighted by molar-refractivity contribution is 0.461. The summed E-state index contributed by atoms with van der Waals surface area (Å²) in [5, 5.41) is 4.33. The summed E-state index contributed by atoms with van der Waals surface area (Å²) in [5.41, 5.74) is 3.55. The SMILES string of the molecule is CCn1c(N2CCNCC2Cc2cccc(Cl)c2)nc2ccccc21. The Kier molecular flexibility index (Phi) is 4.64. The lowest BCUT2D eigenvalue weighted by atomic mass is 10.0. The molecule has 25 heavy (non-hydrogen) atoms. The number of aromatic nitrogens is 2. The smallest absolute Gasteiger partial charge is 0.206 e. The van der Waals surface area contributed by atoms with Gasteiger partial charge in [0.05, 0.1) is 11.0 Å². The minimum Gasteiger partial charge on any atom is -0.336 e. The van der Waals surface area contributed by atoms with E-state index in [0.717, 1.165) is 49.1 Å². The number of nitrogens with one attached hydrogen (secondary N) is 1. The number of fused-ring (bicyclic) bond motifs is 1. The molecule has 1 fully saturated rings. The summed E-state index contributed by atoms with van der Waals surface area (Å²) in [7, 11) is 0. The molecule has 1 aliphatic rings. The molecule has 1 aliphatic heterocycles. The number of halogens is 1. The van der Waals surface area contributed by atoms with Crippen LogP contribution in [0.2, 0.25) is 5.02 Å². The molecular weight excluding hydrogens is 332 g/mol. The highest BCUT2D eigenvalue weighted by atomic mass is 35.5. The molecular formula is C20H23ClN4. The van der Waals surface area contributed by atoms with Crippen molar-refractivity contribution >= 4 is 28.6 Å². The van der Waals surface area contributed by atoms with Gasteiger partial charge in [0.1, 0.15) is 0 Å². The van der Waals surface area contributed by atoms with Crippen LogP contribution in [-0.2, 0) is 13.0 Å². The molecule has 0 bridgehead atoms. The van der Waals surface area contributed by atoms with Crippen molar-refractivity contribution in [3.63, 3.8) is 0 Å². The Labute approximate surface area is 153 Å². The maximum atomic E-state index is 6.17. The second kappa shape index (κ2) is 7.06. The molecule has 130 valence electrons. The van der Waals surface area contributed by atoms with Crippen molar-refractivity contribution in [1.29, 1.82) is 0 Å². The Balaban J connectivity index is 1.69. The highest BCUT2D eigenvalue weighted by molar-refractivity contribution is 6.30. The number of nitrogens with zero attached hydrogens (tertiary/aromatic N) is 3. The average Bonchev–Trinajstić information content (AvgIpc) is 3.00. The molecule has 3 aromatic rings. The zero-order valence-electron chi connectivity index (χ0n) is 14.5. The van der Waals surface area contributed by atoms with Crippen molar-refractivity contribution in [2.24, 2.45) is 0 Å². The maximum absolute atomic E-state index is 6.17. The molecule has 1 aromatic heterocycles. The first-order valence-corrected chi connectivity index (χ1v) is 9.31. The number of rotatable bonds is 4. The number of imidazole rings is 1. The van der Waals surface area contributed by atoms with Gasteiger partial charge in [0.2, 0.25) is 5.95 Å². The highest BCUT2D eigenvalue weighted by Gasteiger charge is 2.27. The van der Waals surface area contributed by atoms with Crippen molar-refractivity contribution in [2.75, 3.05) is 24.5 Å². The van der Waals surface area contributed by atoms with Gasteiger partial charge in [0.25, 0.3) is 0 Å². The number of anilines is 1. The molecule has 1 unspecified atom stereocenters. The summed E-state index contributed by atoms with van der Waals surface area (Å²) >= 11 is 6.17. The van der Waals surface area contributed by atoms with Crippen molar-refractivity contribution in [1.82, 2.24) is 14.9 Å². The molecule has 0 saturated carbocycles. The van der Waals surface area contributed by atoms with E-state index in [1.807, 2.05) is 12.1 Å². The van der Waals surface area contributed by atoms with Crippen LogP contribution in [0.25, 0.3) is 11.0 Å². The third kappa shape index (κ3) is 3.24. The van der Waals surface area contributed by atoms with E-state index >= 15 is 0 Å². The quantitative estimate of drug-likeness (QED) is 0.775. The monoisotopic (exact) mass is 354 g/mol. The van der Waals surface area contributed by atoms with Crippen molar-refractivity contribution in [3.05, 3.63) is 59.1 Å². The number of benzene rings is 2. The molecule has 0 radical (unpaired) electrons. The Hall–Kier alpha value is -2.04. The standard InChI is InChI=1S/C20H23ClN4/c1-2-24-19-9-4-3-8-18(19)23-20(24)25-11-10-22-14-17(25)13-15-6-5-7-16(21)12-15/h3-9,12,17,22H,2,10-11,13-14H2,1H3. The number of hydrogen-bond acceptors (Lipinski definition) is 3. The maximum Gasteiger partial charge on any atom is 0.206 e. The predicted molar refractivity (Wildman–Crippen MR) is 105 cm³/mol. The first-order valence-electron chi connectivity index (χ1n) is 8.93. The molecule has 0 spiro atoms. The Morgan fingerprint density at radius 3 is 2.92 bits per heavy atom. The van der Waals surface area contributed by atoms with Gasteiger partial charge in [-0.2, -0.15) is 0 Å². The first-order chi connectivity index (χ1) is 12.3. The topological polar surface area (TPSA) is 33.1 Å². The predicted octanol–water partition coefficient (Wildman–Crippen LogP) is 3.73. The Morgan fingerprint density at radius 1 is 1.20 bits per heavy atom. The van der Waals surface area contributed by atoms with Gasteiger partial charge in [-0.1, -0.05) is 35.9 Å². The zero-order valence-corrected chi connectivity index (χ0v) is 15.2. The van der Waals surface area contributed by atoms with E-state index in [0.29, 0.717) is 6.04 Å². The van der Waals surface area contributed by atoms with Crippen LogP contribution < -0.4 is 10.2 Å². The number of piperazine rings is 1. The van der Waals surface area contributed by atoms with Crippen LogP contribution in [-0.4, -0.2) is 35.2 Å². The lowest BCUT2D eigenvalue weighted by Crippen LogP contribution is -2.53. The van der Waals surface area contributed by atoms with Gasteiger partial charge >= 0.3 is 0 Å². The minimum absolute atomic E-state index is 0.370. The van der Waals surface area contributed by atoms with E-state index in [2.05, 4.69) is 58.1 Å². The lowest BCUT2D eigenvalue weighted by Gasteiger charge is -2.37. The molecule has 0 amide bonds. The van der Waals surface area contributed by atoms with E-state index in [9.17, 15) is 0 Å². The van der Waals surface area contributed by atoms with Crippen LogP contribution in [0, 0.1) is 0 Å². The highest BCUT2D eigenvalue weighted by Crippen LogP contribution is 2.26. The van der Waals surface area contributed by atoms with E-state index in [4.69, 9.17) is 16.6 Å². The number of hydrogen-bond donors (Lipinski definition) is 1. The van der Waals surface area contributed by atoms with E-state index < -0.39 is 0 Å². The Morgan fingerprint density at radius 2 is 2.08 bits per heavy atom. The van der Waals surface area contributed by atoms with Crippen LogP contribution in [0.3, 0.4) is 0 Å². The third-order valence-electron chi connectivity index (χ3n) is 4.92. The second-order valence-electron chi connectivity index (χ2n) is 6.53. The average molecular weight is 355 g/mol. The molecule has 2 aromatic carbocycles.